The number of alkyl carbamates (subject to hydrolysis) is 1. The second-order valence-corrected chi connectivity index (χ2v) is 9.84. The molecule has 0 bridgehead atoms. The molecule has 0 spiro atoms. The molecule has 3 atom stereocenters. The Morgan fingerprint density at radius 1 is 1.00 bits per heavy atom. The first-order valence-electron chi connectivity index (χ1n) is 11.3. The van der Waals surface area contributed by atoms with Crippen LogP contribution in [-0.2, 0) is 14.3 Å². The van der Waals surface area contributed by atoms with Crippen molar-refractivity contribution in [3.05, 3.63) is 48.0 Å². The Morgan fingerprint density at radius 2 is 1.68 bits per heavy atom. The maximum absolute atomic E-state index is 13.1. The molecule has 2 aromatic carbocycles. The van der Waals surface area contributed by atoms with Gasteiger partial charge in [0.05, 0.1) is 0 Å². The SMILES string of the molecule is CC(C)[C@H](NC(=O)OC(C)(C)C)C(=O)O[C@@H]1CCCC[C@H]1c1ccc2ccccc2c1. The number of nitrogens with one attached hydrogen (secondary N) is 1. The van der Waals surface area contributed by atoms with Crippen LogP contribution in [0.25, 0.3) is 10.8 Å². The van der Waals surface area contributed by atoms with Crippen LogP contribution in [0.4, 0.5) is 4.79 Å². The molecule has 1 aliphatic carbocycles. The van der Waals surface area contributed by atoms with Gasteiger partial charge in [0.2, 0.25) is 0 Å². The Hall–Kier alpha value is -2.56. The van der Waals surface area contributed by atoms with Gasteiger partial charge in [-0.05, 0) is 62.3 Å². The van der Waals surface area contributed by atoms with Crippen molar-refractivity contribution in [2.45, 2.75) is 84.0 Å². The third kappa shape index (κ3) is 6.22. The third-order valence-corrected chi connectivity index (χ3v) is 5.76. The predicted octanol–water partition coefficient (Wildman–Crippen LogP) is 5.96. The Bertz CT molecular complexity index is 915. The maximum atomic E-state index is 13.1. The molecule has 168 valence electrons. The van der Waals surface area contributed by atoms with Gasteiger partial charge in [-0.2, -0.15) is 0 Å². The van der Waals surface area contributed by atoms with E-state index in [0.717, 1.165) is 25.7 Å². The smallest absolute Gasteiger partial charge is 0.408 e. The fourth-order valence-electron chi connectivity index (χ4n) is 4.21. The van der Waals surface area contributed by atoms with Crippen LogP contribution in [0.5, 0.6) is 0 Å². The summed E-state index contributed by atoms with van der Waals surface area (Å²) >= 11 is 0. The number of carbonyl (C=O) groups is 2. The van der Waals surface area contributed by atoms with Gasteiger partial charge < -0.3 is 14.8 Å². The summed E-state index contributed by atoms with van der Waals surface area (Å²) in [4.78, 5) is 25.3. The lowest BCUT2D eigenvalue weighted by atomic mass is 9.81. The van der Waals surface area contributed by atoms with E-state index >= 15 is 0 Å². The highest BCUT2D eigenvalue weighted by atomic mass is 16.6. The first-order chi connectivity index (χ1) is 14.6. The summed E-state index contributed by atoms with van der Waals surface area (Å²) < 4.78 is 11.3. The molecular weight excluding hydrogens is 390 g/mol. The Balaban J connectivity index is 1.74. The third-order valence-electron chi connectivity index (χ3n) is 5.76. The molecule has 0 radical (unpaired) electrons. The topological polar surface area (TPSA) is 64.6 Å². The molecule has 5 nitrogen and oxygen atoms in total. The molecule has 5 heteroatoms. The van der Waals surface area contributed by atoms with Crippen LogP contribution in [0.15, 0.2) is 42.5 Å². The van der Waals surface area contributed by atoms with Gasteiger partial charge in [-0.25, -0.2) is 9.59 Å². The lowest BCUT2D eigenvalue weighted by Gasteiger charge is -2.33. The van der Waals surface area contributed by atoms with Crippen molar-refractivity contribution in [1.82, 2.24) is 5.32 Å². The molecule has 31 heavy (non-hydrogen) atoms. The number of carbonyl (C=O) groups excluding carboxylic acids is 2. The van der Waals surface area contributed by atoms with Crippen molar-refractivity contribution in [2.75, 3.05) is 0 Å². The minimum Gasteiger partial charge on any atom is -0.460 e. The van der Waals surface area contributed by atoms with E-state index in [2.05, 4.69) is 35.6 Å². The van der Waals surface area contributed by atoms with Crippen LogP contribution >= 0.6 is 0 Å². The normalized spacial score (nSPS) is 20.3. The number of amides is 1. The van der Waals surface area contributed by atoms with Crippen molar-refractivity contribution in [3.63, 3.8) is 0 Å². The number of ether oxygens (including phenoxy) is 2. The van der Waals surface area contributed by atoms with E-state index in [1.165, 1.54) is 16.3 Å². The van der Waals surface area contributed by atoms with E-state index in [1.807, 2.05) is 26.0 Å². The molecular formula is C26H35NO4. The molecule has 1 N–H and O–H groups in total. The summed E-state index contributed by atoms with van der Waals surface area (Å²) in [6.07, 6.45) is 3.19. The Labute approximate surface area is 185 Å². The number of rotatable bonds is 5. The van der Waals surface area contributed by atoms with E-state index in [0.29, 0.717) is 0 Å². The van der Waals surface area contributed by atoms with Crippen molar-refractivity contribution in [2.24, 2.45) is 5.92 Å². The number of hydrogen-bond acceptors (Lipinski definition) is 4. The van der Waals surface area contributed by atoms with Gasteiger partial charge in [-0.1, -0.05) is 62.7 Å². The van der Waals surface area contributed by atoms with Gasteiger partial charge >= 0.3 is 12.1 Å². The van der Waals surface area contributed by atoms with E-state index in [1.54, 1.807) is 20.8 Å². The van der Waals surface area contributed by atoms with Gasteiger partial charge in [0.1, 0.15) is 17.7 Å². The average Bonchev–Trinajstić information content (AvgIpc) is 2.70. The van der Waals surface area contributed by atoms with Crippen molar-refractivity contribution >= 4 is 22.8 Å². The highest BCUT2D eigenvalue weighted by molar-refractivity contribution is 5.83. The van der Waals surface area contributed by atoms with Crippen LogP contribution in [0.3, 0.4) is 0 Å². The molecule has 1 saturated carbocycles. The van der Waals surface area contributed by atoms with Crippen LogP contribution < -0.4 is 5.32 Å². The largest absolute Gasteiger partial charge is 0.460 e. The van der Waals surface area contributed by atoms with E-state index < -0.39 is 23.7 Å². The highest BCUT2D eigenvalue weighted by Gasteiger charge is 2.34. The molecule has 0 unspecified atom stereocenters. The zero-order valence-corrected chi connectivity index (χ0v) is 19.3. The number of benzene rings is 2. The first-order valence-corrected chi connectivity index (χ1v) is 11.3. The van der Waals surface area contributed by atoms with Gasteiger partial charge in [-0.3, -0.25) is 0 Å². The van der Waals surface area contributed by atoms with Gasteiger partial charge in [-0.15, -0.1) is 0 Å². The lowest BCUT2D eigenvalue weighted by Crippen LogP contribution is -2.48. The summed E-state index contributed by atoms with van der Waals surface area (Å²) in [7, 11) is 0. The number of esters is 1. The van der Waals surface area contributed by atoms with Gasteiger partial charge in [0, 0.05) is 5.92 Å². The first kappa shape index (κ1) is 23.1. The Kier molecular flexibility index (Phi) is 7.24. The second-order valence-electron chi connectivity index (χ2n) is 9.84. The number of hydrogen-bond donors (Lipinski definition) is 1. The molecule has 3 rings (SSSR count). The summed E-state index contributed by atoms with van der Waals surface area (Å²) in [5, 5.41) is 5.11. The summed E-state index contributed by atoms with van der Waals surface area (Å²) in [5.41, 5.74) is 0.581. The molecule has 1 aliphatic rings. The predicted molar refractivity (Wildman–Crippen MR) is 123 cm³/mol. The highest BCUT2D eigenvalue weighted by Crippen LogP contribution is 2.36. The fourth-order valence-corrected chi connectivity index (χ4v) is 4.21. The molecule has 0 aromatic heterocycles. The lowest BCUT2D eigenvalue weighted by molar-refractivity contribution is -0.155. The van der Waals surface area contributed by atoms with Crippen molar-refractivity contribution < 1.29 is 19.1 Å². The summed E-state index contributed by atoms with van der Waals surface area (Å²) in [6.45, 7) is 9.18. The summed E-state index contributed by atoms with van der Waals surface area (Å²) in [5.74, 6) is -0.335. The fraction of sp³-hybridized carbons (Fsp3) is 0.538. The molecule has 0 saturated heterocycles. The number of fused-ring (bicyclic) bond motifs is 1. The zero-order valence-electron chi connectivity index (χ0n) is 19.3. The van der Waals surface area contributed by atoms with E-state index in [4.69, 9.17) is 9.47 Å². The van der Waals surface area contributed by atoms with Crippen molar-refractivity contribution in [1.29, 1.82) is 0 Å². The van der Waals surface area contributed by atoms with Gasteiger partial charge in [0.15, 0.2) is 0 Å². The minimum atomic E-state index is -0.742. The van der Waals surface area contributed by atoms with Gasteiger partial charge in [0.25, 0.3) is 0 Å². The molecule has 2 aromatic rings. The van der Waals surface area contributed by atoms with E-state index in [9.17, 15) is 9.59 Å². The molecule has 1 amide bonds. The molecule has 0 aliphatic heterocycles. The zero-order chi connectivity index (χ0) is 22.6. The van der Waals surface area contributed by atoms with E-state index in [-0.39, 0.29) is 17.9 Å². The quantitative estimate of drug-likeness (QED) is 0.601. The standard InChI is InChI=1S/C26H35NO4/c1-17(2)23(27-25(29)31-26(3,4)5)24(28)30-22-13-9-8-12-21(22)20-15-14-18-10-6-7-11-19(18)16-20/h6-7,10-11,14-17,21-23H,8-9,12-13H2,1-5H3,(H,27,29)/t21-,22+,23-/m0/s1. The minimum absolute atomic E-state index is 0.109. The van der Waals surface area contributed by atoms with Crippen LogP contribution in [0.1, 0.15) is 71.8 Å². The average molecular weight is 426 g/mol. The molecule has 1 fully saturated rings. The summed E-state index contributed by atoms with van der Waals surface area (Å²) in [6, 6.07) is 14.1. The van der Waals surface area contributed by atoms with Crippen molar-refractivity contribution in [3.8, 4) is 0 Å². The second kappa shape index (κ2) is 9.71. The van der Waals surface area contributed by atoms with Crippen LogP contribution in [0.2, 0.25) is 0 Å². The maximum Gasteiger partial charge on any atom is 0.408 e. The Morgan fingerprint density at radius 3 is 2.35 bits per heavy atom. The van der Waals surface area contributed by atoms with Crippen LogP contribution in [-0.4, -0.2) is 29.8 Å². The molecule has 0 heterocycles. The monoisotopic (exact) mass is 425 g/mol. The van der Waals surface area contributed by atoms with Crippen LogP contribution in [0, 0.1) is 5.92 Å².